The lowest BCUT2D eigenvalue weighted by Crippen LogP contribution is -2.25. The van der Waals surface area contributed by atoms with E-state index in [1.807, 2.05) is 22.8 Å². The zero-order chi connectivity index (χ0) is 12.5. The number of thiazole rings is 1. The summed E-state index contributed by atoms with van der Waals surface area (Å²) in [5, 5.41) is 0. The van der Waals surface area contributed by atoms with Crippen molar-refractivity contribution < 1.29 is 0 Å². The minimum Gasteiger partial charge on any atom is -0.298 e. The summed E-state index contributed by atoms with van der Waals surface area (Å²) in [6.45, 7) is 3.24. The second kappa shape index (κ2) is 4.88. The van der Waals surface area contributed by atoms with Crippen molar-refractivity contribution in [1.82, 2.24) is 4.57 Å². The van der Waals surface area contributed by atoms with Crippen LogP contribution >= 0.6 is 11.3 Å². The van der Waals surface area contributed by atoms with Crippen molar-refractivity contribution in [3.8, 4) is 0 Å². The van der Waals surface area contributed by atoms with Crippen LogP contribution < -0.4 is 4.87 Å². The molecule has 0 spiro atoms. The molecule has 0 radical (unpaired) electrons. The number of fused-ring (bicyclic) bond motifs is 1. The zero-order valence-electron chi connectivity index (χ0n) is 10.8. The van der Waals surface area contributed by atoms with E-state index in [0.29, 0.717) is 5.92 Å². The molecule has 1 heterocycles. The molecule has 0 amide bonds. The zero-order valence-corrected chi connectivity index (χ0v) is 11.6. The topological polar surface area (TPSA) is 22.0 Å². The van der Waals surface area contributed by atoms with Crippen LogP contribution in [0, 0.1) is 11.8 Å². The van der Waals surface area contributed by atoms with E-state index in [4.69, 9.17) is 0 Å². The van der Waals surface area contributed by atoms with Gasteiger partial charge in [-0.25, -0.2) is 0 Å². The van der Waals surface area contributed by atoms with E-state index in [9.17, 15) is 4.79 Å². The molecular weight excluding hydrogens is 242 g/mol. The fraction of sp³-hybridized carbons (Fsp3) is 0.533. The third-order valence-corrected chi connectivity index (χ3v) is 5.24. The number of aromatic nitrogens is 1. The summed E-state index contributed by atoms with van der Waals surface area (Å²) in [6.07, 6.45) is 5.28. The van der Waals surface area contributed by atoms with Gasteiger partial charge in [-0.1, -0.05) is 49.7 Å². The predicted octanol–water partition coefficient (Wildman–Crippen LogP) is 3.89. The predicted molar refractivity (Wildman–Crippen MR) is 77.2 cm³/mol. The average molecular weight is 261 g/mol. The van der Waals surface area contributed by atoms with Crippen molar-refractivity contribution in [2.24, 2.45) is 11.8 Å². The lowest BCUT2D eigenvalue weighted by atomic mass is 9.80. The summed E-state index contributed by atoms with van der Waals surface area (Å²) in [5.41, 5.74) is 1.12. The molecule has 0 unspecified atom stereocenters. The maximum absolute atomic E-state index is 12.1. The Balaban J connectivity index is 1.94. The first-order valence-corrected chi connectivity index (χ1v) is 7.66. The average Bonchev–Trinajstić information content (AvgIpc) is 2.69. The maximum atomic E-state index is 12.1. The number of para-hydroxylation sites is 1. The molecule has 3 rings (SSSR count). The highest BCUT2D eigenvalue weighted by molar-refractivity contribution is 7.16. The van der Waals surface area contributed by atoms with E-state index in [-0.39, 0.29) is 4.87 Å². The van der Waals surface area contributed by atoms with Crippen LogP contribution in [0.5, 0.6) is 0 Å². The van der Waals surface area contributed by atoms with Crippen molar-refractivity contribution in [2.45, 2.75) is 39.2 Å². The molecule has 0 saturated heterocycles. The molecule has 1 aromatic carbocycles. The quantitative estimate of drug-likeness (QED) is 0.804. The molecule has 1 saturated carbocycles. The fourth-order valence-electron chi connectivity index (χ4n) is 3.09. The van der Waals surface area contributed by atoms with Crippen LogP contribution in [0.1, 0.15) is 32.6 Å². The number of nitrogens with zero attached hydrogens (tertiary/aromatic N) is 1. The molecule has 18 heavy (non-hydrogen) atoms. The van der Waals surface area contributed by atoms with Crippen LogP contribution in [0.2, 0.25) is 0 Å². The van der Waals surface area contributed by atoms with Gasteiger partial charge in [0.25, 0.3) is 0 Å². The Morgan fingerprint density at radius 3 is 2.89 bits per heavy atom. The molecule has 96 valence electrons. The second-order valence-corrected chi connectivity index (χ2v) is 6.46. The number of hydrogen-bond donors (Lipinski definition) is 0. The standard InChI is InChI=1S/C15H19NOS/c1-11-6-2-3-7-12(11)10-16-13-8-4-5-9-14(13)18-15(16)17/h4-5,8-9,11-12H,2-3,6-7,10H2,1H3/t11-,12+/m0/s1. The van der Waals surface area contributed by atoms with Crippen molar-refractivity contribution in [2.75, 3.05) is 0 Å². The van der Waals surface area contributed by atoms with Crippen LogP contribution in [0.3, 0.4) is 0 Å². The molecule has 2 atom stereocenters. The first-order chi connectivity index (χ1) is 8.75. The molecule has 0 aliphatic heterocycles. The van der Waals surface area contributed by atoms with Gasteiger partial charge < -0.3 is 0 Å². The minimum absolute atomic E-state index is 0.203. The minimum atomic E-state index is 0.203. The third-order valence-electron chi connectivity index (χ3n) is 4.28. The summed E-state index contributed by atoms with van der Waals surface area (Å²) >= 11 is 1.38. The van der Waals surface area contributed by atoms with E-state index in [1.165, 1.54) is 37.0 Å². The van der Waals surface area contributed by atoms with Crippen molar-refractivity contribution in [3.63, 3.8) is 0 Å². The van der Waals surface area contributed by atoms with Crippen LogP contribution in [0.15, 0.2) is 29.1 Å². The summed E-state index contributed by atoms with van der Waals surface area (Å²) < 4.78 is 3.11. The lowest BCUT2D eigenvalue weighted by Gasteiger charge is -2.28. The molecular formula is C15H19NOS. The highest BCUT2D eigenvalue weighted by Crippen LogP contribution is 2.31. The molecule has 0 N–H and O–H groups in total. The van der Waals surface area contributed by atoms with Gasteiger partial charge in [0.15, 0.2) is 0 Å². The van der Waals surface area contributed by atoms with Gasteiger partial charge in [-0.2, -0.15) is 0 Å². The molecule has 1 aliphatic carbocycles. The van der Waals surface area contributed by atoms with Gasteiger partial charge in [-0.05, 0) is 30.4 Å². The van der Waals surface area contributed by atoms with Gasteiger partial charge >= 0.3 is 4.87 Å². The van der Waals surface area contributed by atoms with Gasteiger partial charge in [0.2, 0.25) is 0 Å². The first-order valence-electron chi connectivity index (χ1n) is 6.84. The van der Waals surface area contributed by atoms with Gasteiger partial charge in [0.1, 0.15) is 0 Å². The number of rotatable bonds is 2. The molecule has 2 nitrogen and oxygen atoms in total. The molecule has 2 aromatic rings. The van der Waals surface area contributed by atoms with Gasteiger partial charge in [0, 0.05) is 6.54 Å². The SMILES string of the molecule is C[C@H]1CCCC[C@@H]1Cn1c(=O)sc2ccccc21. The van der Waals surface area contributed by atoms with Gasteiger partial charge in [0.05, 0.1) is 10.2 Å². The van der Waals surface area contributed by atoms with Crippen LogP contribution in [0.4, 0.5) is 0 Å². The Kier molecular flexibility index (Phi) is 3.25. The van der Waals surface area contributed by atoms with Crippen LogP contribution in [-0.4, -0.2) is 4.57 Å². The Labute approximate surface area is 111 Å². The van der Waals surface area contributed by atoms with Crippen molar-refractivity contribution in [3.05, 3.63) is 33.9 Å². The molecule has 3 heteroatoms. The van der Waals surface area contributed by atoms with E-state index in [2.05, 4.69) is 13.0 Å². The Morgan fingerprint density at radius 2 is 2.06 bits per heavy atom. The first kappa shape index (κ1) is 12.0. The fourth-order valence-corrected chi connectivity index (χ4v) is 3.99. The van der Waals surface area contributed by atoms with Crippen molar-refractivity contribution >= 4 is 21.6 Å². The van der Waals surface area contributed by atoms with Crippen molar-refractivity contribution in [1.29, 1.82) is 0 Å². The van der Waals surface area contributed by atoms with E-state index in [0.717, 1.165) is 22.7 Å². The second-order valence-electron chi connectivity index (χ2n) is 5.47. The summed E-state index contributed by atoms with van der Waals surface area (Å²) in [6, 6.07) is 8.14. The third kappa shape index (κ3) is 2.12. The highest BCUT2D eigenvalue weighted by Gasteiger charge is 2.22. The molecule has 0 bridgehead atoms. The molecule has 1 aromatic heterocycles. The van der Waals surface area contributed by atoms with Crippen LogP contribution in [-0.2, 0) is 6.54 Å². The number of hydrogen-bond acceptors (Lipinski definition) is 2. The summed E-state index contributed by atoms with van der Waals surface area (Å²) in [5.74, 6) is 1.43. The van der Waals surface area contributed by atoms with Gasteiger partial charge in [-0.3, -0.25) is 9.36 Å². The monoisotopic (exact) mass is 261 g/mol. The Bertz CT molecular complexity index is 598. The van der Waals surface area contributed by atoms with E-state index < -0.39 is 0 Å². The Morgan fingerprint density at radius 1 is 1.28 bits per heavy atom. The van der Waals surface area contributed by atoms with E-state index in [1.54, 1.807) is 0 Å². The van der Waals surface area contributed by atoms with Gasteiger partial charge in [-0.15, -0.1) is 0 Å². The molecule has 1 fully saturated rings. The summed E-state index contributed by atoms with van der Waals surface area (Å²) in [4.78, 5) is 12.3. The summed E-state index contributed by atoms with van der Waals surface area (Å²) in [7, 11) is 0. The lowest BCUT2D eigenvalue weighted by molar-refractivity contribution is 0.229. The maximum Gasteiger partial charge on any atom is 0.308 e. The number of benzene rings is 1. The smallest absolute Gasteiger partial charge is 0.298 e. The molecule has 1 aliphatic rings. The Hall–Kier alpha value is -1.09. The normalized spacial score (nSPS) is 24.5. The highest BCUT2D eigenvalue weighted by atomic mass is 32.1. The van der Waals surface area contributed by atoms with E-state index >= 15 is 0 Å². The van der Waals surface area contributed by atoms with Crippen LogP contribution in [0.25, 0.3) is 10.2 Å². The largest absolute Gasteiger partial charge is 0.308 e.